The van der Waals surface area contributed by atoms with E-state index in [1.165, 1.54) is 6.07 Å². The quantitative estimate of drug-likeness (QED) is 0.594. The number of hydrogen-bond acceptors (Lipinski definition) is 1. The average molecular weight is 156 g/mol. The van der Waals surface area contributed by atoms with Gasteiger partial charge in [0.15, 0.2) is 0 Å². The van der Waals surface area contributed by atoms with Crippen molar-refractivity contribution in [3.63, 3.8) is 0 Å². The number of benzene rings is 1. The van der Waals surface area contributed by atoms with Crippen LogP contribution in [-0.2, 0) is 0 Å². The summed E-state index contributed by atoms with van der Waals surface area (Å²) in [5.74, 6) is -0.176. The third-order valence-electron chi connectivity index (χ3n) is 1.36. The molecule has 0 unspecified atom stereocenters. The zero-order valence-electron chi connectivity index (χ0n) is 5.71. The van der Waals surface area contributed by atoms with Gasteiger partial charge in [0, 0.05) is 10.8 Å². The standard InChI is InChI=1S/C8H9FS/c1-6(10)7-4-2-3-5-8(7)9/h2-6,10H,1H3/t6-/m0/s1. The van der Waals surface area contributed by atoms with Gasteiger partial charge < -0.3 is 0 Å². The van der Waals surface area contributed by atoms with E-state index in [0.29, 0.717) is 5.56 Å². The lowest BCUT2D eigenvalue weighted by atomic mass is 10.1. The molecule has 0 amide bonds. The Balaban J connectivity index is 3.03. The molecule has 1 aromatic carbocycles. The lowest BCUT2D eigenvalue weighted by molar-refractivity contribution is 0.611. The van der Waals surface area contributed by atoms with E-state index in [4.69, 9.17) is 0 Å². The highest BCUT2D eigenvalue weighted by atomic mass is 32.1. The Morgan fingerprint density at radius 2 is 2.00 bits per heavy atom. The van der Waals surface area contributed by atoms with Crippen LogP contribution in [0.2, 0.25) is 0 Å². The summed E-state index contributed by atoms with van der Waals surface area (Å²) in [6.07, 6.45) is 0. The van der Waals surface area contributed by atoms with Gasteiger partial charge in [0.2, 0.25) is 0 Å². The first kappa shape index (κ1) is 7.61. The first-order valence-corrected chi connectivity index (χ1v) is 3.66. The number of thiol groups is 1. The molecule has 0 N–H and O–H groups in total. The third-order valence-corrected chi connectivity index (χ3v) is 1.63. The molecular weight excluding hydrogens is 147 g/mol. The van der Waals surface area contributed by atoms with Crippen LogP contribution in [0.4, 0.5) is 4.39 Å². The van der Waals surface area contributed by atoms with Crippen molar-refractivity contribution in [2.75, 3.05) is 0 Å². The summed E-state index contributed by atoms with van der Waals surface area (Å²) >= 11 is 4.12. The van der Waals surface area contributed by atoms with Crippen molar-refractivity contribution >= 4 is 12.6 Å². The SMILES string of the molecule is C[C@H](S)c1ccccc1F. The summed E-state index contributed by atoms with van der Waals surface area (Å²) in [6, 6.07) is 6.68. The van der Waals surface area contributed by atoms with E-state index in [9.17, 15) is 4.39 Å². The summed E-state index contributed by atoms with van der Waals surface area (Å²) in [5.41, 5.74) is 0.658. The zero-order chi connectivity index (χ0) is 7.56. The molecule has 0 heterocycles. The minimum absolute atomic E-state index is 0.0267. The third kappa shape index (κ3) is 1.51. The van der Waals surface area contributed by atoms with Gasteiger partial charge in [-0.05, 0) is 13.0 Å². The van der Waals surface area contributed by atoms with Crippen molar-refractivity contribution in [2.24, 2.45) is 0 Å². The Kier molecular flexibility index (Phi) is 2.33. The average Bonchev–Trinajstić information content (AvgIpc) is 1.88. The Morgan fingerprint density at radius 3 is 2.40 bits per heavy atom. The Hall–Kier alpha value is -0.500. The largest absolute Gasteiger partial charge is 0.207 e. The van der Waals surface area contributed by atoms with Crippen molar-refractivity contribution in [1.82, 2.24) is 0 Å². The molecule has 0 saturated carbocycles. The second kappa shape index (κ2) is 3.06. The van der Waals surface area contributed by atoms with Gasteiger partial charge in [0.05, 0.1) is 0 Å². The van der Waals surface area contributed by atoms with Crippen LogP contribution in [0.25, 0.3) is 0 Å². The van der Waals surface area contributed by atoms with Crippen molar-refractivity contribution < 1.29 is 4.39 Å². The van der Waals surface area contributed by atoms with Crippen LogP contribution < -0.4 is 0 Å². The van der Waals surface area contributed by atoms with E-state index in [-0.39, 0.29) is 11.1 Å². The van der Waals surface area contributed by atoms with Crippen molar-refractivity contribution in [3.8, 4) is 0 Å². The number of rotatable bonds is 1. The van der Waals surface area contributed by atoms with Gasteiger partial charge in [-0.25, -0.2) is 4.39 Å². The molecule has 1 rings (SSSR count). The molecule has 10 heavy (non-hydrogen) atoms. The highest BCUT2D eigenvalue weighted by Crippen LogP contribution is 2.20. The van der Waals surface area contributed by atoms with Gasteiger partial charge in [-0.2, -0.15) is 12.6 Å². The molecule has 1 atom stereocenters. The van der Waals surface area contributed by atoms with Gasteiger partial charge in [-0.15, -0.1) is 0 Å². The topological polar surface area (TPSA) is 0 Å². The molecule has 0 saturated heterocycles. The minimum Gasteiger partial charge on any atom is -0.207 e. The van der Waals surface area contributed by atoms with Gasteiger partial charge in [-0.1, -0.05) is 18.2 Å². The highest BCUT2D eigenvalue weighted by molar-refractivity contribution is 7.80. The monoisotopic (exact) mass is 156 g/mol. The molecule has 0 aromatic heterocycles. The predicted octanol–water partition coefficient (Wildman–Crippen LogP) is 2.82. The lowest BCUT2D eigenvalue weighted by Gasteiger charge is -2.03. The molecule has 0 fully saturated rings. The summed E-state index contributed by atoms with van der Waals surface area (Å²) in [4.78, 5) is 0. The first-order chi connectivity index (χ1) is 4.72. The van der Waals surface area contributed by atoms with Gasteiger partial charge in [0.1, 0.15) is 5.82 Å². The van der Waals surface area contributed by atoms with E-state index < -0.39 is 0 Å². The molecule has 0 radical (unpaired) electrons. The fourth-order valence-corrected chi connectivity index (χ4v) is 1.02. The Morgan fingerprint density at radius 1 is 1.40 bits per heavy atom. The van der Waals surface area contributed by atoms with Crippen molar-refractivity contribution in [1.29, 1.82) is 0 Å². The molecule has 54 valence electrons. The molecule has 0 spiro atoms. The van der Waals surface area contributed by atoms with Gasteiger partial charge in [0.25, 0.3) is 0 Å². The molecule has 2 heteroatoms. The maximum atomic E-state index is 12.8. The van der Waals surface area contributed by atoms with Crippen LogP contribution in [0.1, 0.15) is 17.7 Å². The van der Waals surface area contributed by atoms with Crippen LogP contribution in [0, 0.1) is 5.82 Å². The normalized spacial score (nSPS) is 13.1. The van der Waals surface area contributed by atoms with Gasteiger partial charge >= 0.3 is 0 Å². The summed E-state index contributed by atoms with van der Waals surface area (Å²) in [5, 5.41) is -0.0267. The van der Waals surface area contributed by atoms with Crippen LogP contribution >= 0.6 is 12.6 Å². The summed E-state index contributed by atoms with van der Waals surface area (Å²) < 4.78 is 12.8. The van der Waals surface area contributed by atoms with Crippen molar-refractivity contribution in [3.05, 3.63) is 35.6 Å². The Bertz CT molecular complexity index is 220. The van der Waals surface area contributed by atoms with E-state index in [1.54, 1.807) is 12.1 Å². The lowest BCUT2D eigenvalue weighted by Crippen LogP contribution is -1.88. The summed E-state index contributed by atoms with van der Waals surface area (Å²) in [7, 11) is 0. The van der Waals surface area contributed by atoms with Crippen LogP contribution in [0.3, 0.4) is 0 Å². The molecule has 0 aliphatic heterocycles. The molecular formula is C8H9FS. The second-order valence-electron chi connectivity index (χ2n) is 2.20. The van der Waals surface area contributed by atoms with Crippen molar-refractivity contribution in [2.45, 2.75) is 12.2 Å². The molecule has 0 bridgehead atoms. The highest BCUT2D eigenvalue weighted by Gasteiger charge is 2.03. The zero-order valence-corrected chi connectivity index (χ0v) is 6.61. The minimum atomic E-state index is -0.176. The predicted molar refractivity (Wildman–Crippen MR) is 43.8 cm³/mol. The van der Waals surface area contributed by atoms with E-state index in [1.807, 2.05) is 13.0 Å². The Labute approximate surface area is 65.5 Å². The maximum absolute atomic E-state index is 12.8. The molecule has 0 aliphatic rings. The smallest absolute Gasteiger partial charge is 0.127 e. The molecule has 0 nitrogen and oxygen atoms in total. The number of hydrogen-bond donors (Lipinski definition) is 1. The summed E-state index contributed by atoms with van der Waals surface area (Å²) in [6.45, 7) is 1.85. The van der Waals surface area contributed by atoms with E-state index in [2.05, 4.69) is 12.6 Å². The van der Waals surface area contributed by atoms with Crippen LogP contribution in [-0.4, -0.2) is 0 Å². The first-order valence-electron chi connectivity index (χ1n) is 3.14. The second-order valence-corrected chi connectivity index (χ2v) is 2.97. The van der Waals surface area contributed by atoms with E-state index >= 15 is 0 Å². The van der Waals surface area contributed by atoms with Crippen LogP contribution in [0.15, 0.2) is 24.3 Å². The fourth-order valence-electron chi connectivity index (χ4n) is 0.814. The van der Waals surface area contributed by atoms with E-state index in [0.717, 1.165) is 0 Å². The van der Waals surface area contributed by atoms with Gasteiger partial charge in [-0.3, -0.25) is 0 Å². The maximum Gasteiger partial charge on any atom is 0.127 e. The molecule has 1 aromatic rings. The molecule has 0 aliphatic carbocycles. The fraction of sp³-hybridized carbons (Fsp3) is 0.250. The number of halogens is 1. The van der Waals surface area contributed by atoms with Crippen LogP contribution in [0.5, 0.6) is 0 Å².